The molecular weight excluding hydrogens is 304 g/mol. The standard InChI is InChI=1S/C19H30N2O3/c1-14-3-4-16(24-14)9-21-10-19(17-12-22-13-18(17)21)23-11-15-5-7-20(2)8-6-15/h3-4,15,17-19H,5-13H2,1-2H3/t17-,18+,19-/m0/s1. The molecule has 3 atom stereocenters. The Morgan fingerprint density at radius 1 is 1.21 bits per heavy atom. The van der Waals surface area contributed by atoms with Crippen molar-refractivity contribution in [1.82, 2.24) is 9.80 Å². The molecule has 4 rings (SSSR count). The van der Waals surface area contributed by atoms with Crippen LogP contribution in [0.4, 0.5) is 0 Å². The van der Waals surface area contributed by atoms with Gasteiger partial charge in [-0.25, -0.2) is 0 Å². The van der Waals surface area contributed by atoms with Gasteiger partial charge in [-0.3, -0.25) is 4.90 Å². The Morgan fingerprint density at radius 2 is 2.04 bits per heavy atom. The first kappa shape index (κ1) is 16.6. The molecular formula is C19H30N2O3. The third kappa shape index (κ3) is 3.54. The topological polar surface area (TPSA) is 38.1 Å². The summed E-state index contributed by atoms with van der Waals surface area (Å²) < 4.78 is 17.9. The van der Waals surface area contributed by atoms with Crippen molar-refractivity contribution in [2.24, 2.45) is 11.8 Å². The number of hydrogen-bond acceptors (Lipinski definition) is 5. The Balaban J connectivity index is 1.32. The number of likely N-dealkylation sites (tertiary alicyclic amines) is 2. The second kappa shape index (κ2) is 7.16. The lowest BCUT2D eigenvalue weighted by molar-refractivity contribution is -0.00893. The minimum atomic E-state index is 0.313. The van der Waals surface area contributed by atoms with Crippen LogP contribution in [-0.4, -0.2) is 68.4 Å². The third-order valence-corrected chi connectivity index (χ3v) is 5.99. The summed E-state index contributed by atoms with van der Waals surface area (Å²) in [6.07, 6.45) is 2.85. The Kier molecular flexibility index (Phi) is 4.95. The molecule has 0 unspecified atom stereocenters. The van der Waals surface area contributed by atoms with E-state index in [1.54, 1.807) is 0 Å². The lowest BCUT2D eigenvalue weighted by Crippen LogP contribution is -2.34. The zero-order valence-electron chi connectivity index (χ0n) is 14.9. The summed E-state index contributed by atoms with van der Waals surface area (Å²) in [7, 11) is 2.21. The molecule has 0 amide bonds. The van der Waals surface area contributed by atoms with Gasteiger partial charge in [-0.1, -0.05) is 0 Å². The van der Waals surface area contributed by atoms with Crippen LogP contribution in [0.1, 0.15) is 24.4 Å². The van der Waals surface area contributed by atoms with Gasteiger partial charge in [-0.2, -0.15) is 0 Å². The van der Waals surface area contributed by atoms with Crippen molar-refractivity contribution in [3.63, 3.8) is 0 Å². The van der Waals surface area contributed by atoms with Crippen molar-refractivity contribution in [3.8, 4) is 0 Å². The minimum absolute atomic E-state index is 0.313. The maximum Gasteiger partial charge on any atom is 0.118 e. The largest absolute Gasteiger partial charge is 0.465 e. The average Bonchev–Trinajstić information content (AvgIpc) is 3.26. The van der Waals surface area contributed by atoms with Crippen LogP contribution in [0.5, 0.6) is 0 Å². The lowest BCUT2D eigenvalue weighted by Gasteiger charge is -2.30. The summed E-state index contributed by atoms with van der Waals surface area (Å²) in [6, 6.07) is 4.62. The highest BCUT2D eigenvalue weighted by molar-refractivity contribution is 5.07. The van der Waals surface area contributed by atoms with E-state index in [0.29, 0.717) is 18.1 Å². The van der Waals surface area contributed by atoms with Gasteiger partial charge in [-0.05, 0) is 58.0 Å². The van der Waals surface area contributed by atoms with Crippen molar-refractivity contribution in [2.45, 2.75) is 38.5 Å². The van der Waals surface area contributed by atoms with E-state index in [1.165, 1.54) is 25.9 Å². The molecule has 134 valence electrons. The van der Waals surface area contributed by atoms with Gasteiger partial charge in [0.1, 0.15) is 11.5 Å². The molecule has 3 saturated heterocycles. The number of hydrogen-bond donors (Lipinski definition) is 0. The van der Waals surface area contributed by atoms with E-state index in [0.717, 1.165) is 50.3 Å². The van der Waals surface area contributed by atoms with Crippen LogP contribution in [0.3, 0.4) is 0 Å². The molecule has 0 spiro atoms. The number of piperidine rings is 1. The van der Waals surface area contributed by atoms with Gasteiger partial charge < -0.3 is 18.8 Å². The van der Waals surface area contributed by atoms with Crippen molar-refractivity contribution < 1.29 is 13.9 Å². The summed E-state index contributed by atoms with van der Waals surface area (Å²) in [5, 5.41) is 0. The van der Waals surface area contributed by atoms with Crippen molar-refractivity contribution >= 4 is 0 Å². The molecule has 3 fully saturated rings. The number of furan rings is 1. The van der Waals surface area contributed by atoms with Crippen LogP contribution in [0, 0.1) is 18.8 Å². The van der Waals surface area contributed by atoms with Crippen LogP contribution in [0.25, 0.3) is 0 Å². The summed E-state index contributed by atoms with van der Waals surface area (Å²) in [6.45, 7) is 8.87. The Labute approximate surface area is 144 Å². The minimum Gasteiger partial charge on any atom is -0.465 e. The number of fused-ring (bicyclic) bond motifs is 1. The van der Waals surface area contributed by atoms with E-state index in [4.69, 9.17) is 13.9 Å². The number of ether oxygens (including phenoxy) is 2. The predicted octanol–water partition coefficient (Wildman–Crippen LogP) is 2.15. The fraction of sp³-hybridized carbons (Fsp3) is 0.789. The van der Waals surface area contributed by atoms with Gasteiger partial charge in [0.2, 0.25) is 0 Å². The normalized spacial score (nSPS) is 32.5. The SMILES string of the molecule is Cc1ccc(CN2C[C@H](OCC3CCN(C)CC3)[C@H]3COC[C@H]32)o1. The van der Waals surface area contributed by atoms with Gasteiger partial charge in [-0.15, -0.1) is 0 Å². The van der Waals surface area contributed by atoms with Gasteiger partial charge in [0, 0.05) is 25.1 Å². The molecule has 0 bridgehead atoms. The first-order valence-electron chi connectivity index (χ1n) is 9.36. The average molecular weight is 334 g/mol. The maximum atomic E-state index is 6.39. The highest BCUT2D eigenvalue weighted by Gasteiger charge is 2.46. The van der Waals surface area contributed by atoms with Crippen LogP contribution in [0.15, 0.2) is 16.5 Å². The number of rotatable bonds is 5. The molecule has 3 aliphatic rings. The molecule has 0 aliphatic carbocycles. The Bertz CT molecular complexity index is 538. The van der Waals surface area contributed by atoms with Gasteiger partial charge >= 0.3 is 0 Å². The van der Waals surface area contributed by atoms with Crippen LogP contribution in [0.2, 0.25) is 0 Å². The molecule has 24 heavy (non-hydrogen) atoms. The molecule has 5 heteroatoms. The Hall–Kier alpha value is -0.880. The van der Waals surface area contributed by atoms with E-state index in [2.05, 4.69) is 22.9 Å². The molecule has 4 heterocycles. The van der Waals surface area contributed by atoms with E-state index >= 15 is 0 Å². The fourth-order valence-corrected chi connectivity index (χ4v) is 4.41. The van der Waals surface area contributed by atoms with Crippen LogP contribution in [-0.2, 0) is 16.0 Å². The summed E-state index contributed by atoms with van der Waals surface area (Å²) in [4.78, 5) is 4.91. The molecule has 0 aromatic carbocycles. The molecule has 0 N–H and O–H groups in total. The third-order valence-electron chi connectivity index (χ3n) is 5.99. The monoisotopic (exact) mass is 334 g/mol. The quantitative estimate of drug-likeness (QED) is 0.825. The molecule has 1 aromatic heterocycles. The molecule has 0 radical (unpaired) electrons. The number of aryl methyl sites for hydroxylation is 1. The first-order chi connectivity index (χ1) is 11.7. The van der Waals surface area contributed by atoms with Crippen molar-refractivity contribution in [1.29, 1.82) is 0 Å². The zero-order valence-corrected chi connectivity index (χ0v) is 14.9. The van der Waals surface area contributed by atoms with Gasteiger partial charge in [0.15, 0.2) is 0 Å². The van der Waals surface area contributed by atoms with Crippen molar-refractivity contribution in [3.05, 3.63) is 23.7 Å². The number of nitrogens with zero attached hydrogens (tertiary/aromatic N) is 2. The zero-order chi connectivity index (χ0) is 16.5. The molecule has 3 aliphatic heterocycles. The maximum absolute atomic E-state index is 6.39. The van der Waals surface area contributed by atoms with E-state index in [1.807, 2.05) is 13.0 Å². The first-order valence-corrected chi connectivity index (χ1v) is 9.36. The predicted molar refractivity (Wildman–Crippen MR) is 91.9 cm³/mol. The van der Waals surface area contributed by atoms with Gasteiger partial charge in [0.25, 0.3) is 0 Å². The van der Waals surface area contributed by atoms with E-state index < -0.39 is 0 Å². The second-order valence-corrected chi connectivity index (χ2v) is 7.83. The highest BCUT2D eigenvalue weighted by Crippen LogP contribution is 2.34. The van der Waals surface area contributed by atoms with Crippen LogP contribution < -0.4 is 0 Å². The van der Waals surface area contributed by atoms with Crippen LogP contribution >= 0.6 is 0 Å². The van der Waals surface area contributed by atoms with E-state index in [9.17, 15) is 0 Å². The lowest BCUT2D eigenvalue weighted by atomic mass is 9.97. The second-order valence-electron chi connectivity index (χ2n) is 7.83. The summed E-state index contributed by atoms with van der Waals surface area (Å²) in [5.74, 6) is 3.28. The fourth-order valence-electron chi connectivity index (χ4n) is 4.41. The summed E-state index contributed by atoms with van der Waals surface area (Å²) >= 11 is 0. The molecule has 1 aromatic rings. The molecule has 5 nitrogen and oxygen atoms in total. The van der Waals surface area contributed by atoms with E-state index in [-0.39, 0.29) is 0 Å². The molecule has 0 saturated carbocycles. The smallest absolute Gasteiger partial charge is 0.118 e. The highest BCUT2D eigenvalue weighted by atomic mass is 16.5. The van der Waals surface area contributed by atoms with Gasteiger partial charge in [0.05, 0.1) is 25.9 Å². The van der Waals surface area contributed by atoms with Crippen molar-refractivity contribution in [2.75, 3.05) is 46.5 Å². The summed E-state index contributed by atoms with van der Waals surface area (Å²) in [5.41, 5.74) is 0. The Morgan fingerprint density at radius 3 is 2.79 bits per heavy atom.